The number of piperidine rings is 1. The number of aromatic nitrogens is 3. The highest BCUT2D eigenvalue weighted by molar-refractivity contribution is 7.13. The average Bonchev–Trinajstić information content (AvgIpc) is 3.95. The van der Waals surface area contributed by atoms with Crippen molar-refractivity contribution in [2.75, 3.05) is 44.3 Å². The third-order valence-electron chi connectivity index (χ3n) is 14.0. The second-order valence-electron chi connectivity index (χ2n) is 20.6. The van der Waals surface area contributed by atoms with Gasteiger partial charge in [0.05, 0.1) is 52.5 Å². The highest BCUT2D eigenvalue weighted by Gasteiger charge is 2.45. The Kier molecular flexibility index (Phi) is 17.2. The molecule has 0 saturated carbocycles. The number of halogens is 3. The number of carbonyl (C=O) groups excluding carboxylic acids is 3. The van der Waals surface area contributed by atoms with E-state index in [0.717, 1.165) is 102 Å². The Morgan fingerprint density at radius 1 is 0.917 bits per heavy atom. The molecular weight excluding hydrogens is 944 g/mol. The molecule has 5 aromatic rings. The maximum absolute atomic E-state index is 14.2. The first kappa shape index (κ1) is 53.9. The number of alkyl halides is 3. The number of hydrogen-bond donors (Lipinski definition) is 5. The van der Waals surface area contributed by atoms with Crippen molar-refractivity contribution in [3.05, 3.63) is 93.9 Å². The monoisotopic (exact) mass is 1010 g/mol. The van der Waals surface area contributed by atoms with Crippen molar-refractivity contribution in [2.45, 2.75) is 142 Å². The number of unbranched alkanes of at least 4 members (excludes halogenated alkanes) is 3. The Morgan fingerprint density at radius 3 is 2.28 bits per heavy atom. The van der Waals surface area contributed by atoms with E-state index in [2.05, 4.69) is 41.9 Å². The standard InChI is InChI=1S/C54H70F3N9O5S/c1-31(35-14-16-37(17-15-35)48-33(3)59-30-72-48)61-51(69)45-26-41(67)29-66(45)52(70)49(53(5,6)7)64-47(68)13-11-9-10-12-20-65-21-18-36(19-22-65)42-27-43-44(28-46(42)71-8)62-34(4)63-50(43)60-32(2)38-23-39(54(55,56)57)25-40(58)24-38/h14-17,23-25,27-28,30-32,36,41,45,49,67H,9-13,18-22,26,29,58H2,1-8H3,(H,61,69)(H,64,68)(H,60,62,63)/t31-,32+,41+,45-,49+/m0/s1. The molecule has 2 aliphatic heterocycles. The topological polar surface area (TPSA) is 188 Å². The number of nitrogens with zero attached hydrogens (tertiary/aromatic N) is 5. The Balaban J connectivity index is 0.867. The maximum Gasteiger partial charge on any atom is 0.416 e. The van der Waals surface area contributed by atoms with Crippen LogP contribution in [-0.4, -0.2) is 99.1 Å². The molecule has 6 N–H and O–H groups in total. The number of aliphatic hydroxyl groups is 1. The largest absolute Gasteiger partial charge is 0.496 e. The van der Waals surface area contributed by atoms with Crippen LogP contribution in [0.2, 0.25) is 0 Å². The summed E-state index contributed by atoms with van der Waals surface area (Å²) >= 11 is 1.58. The normalized spacial score (nSPS) is 18.2. The number of anilines is 2. The molecule has 0 radical (unpaired) electrons. The molecule has 0 spiro atoms. The van der Waals surface area contributed by atoms with Gasteiger partial charge in [0.25, 0.3) is 0 Å². The number of fused-ring (bicyclic) bond motifs is 1. The van der Waals surface area contributed by atoms with E-state index < -0.39 is 41.4 Å². The quantitative estimate of drug-likeness (QED) is 0.0416. The summed E-state index contributed by atoms with van der Waals surface area (Å²) in [5, 5.41) is 20.8. The number of nitrogens with one attached hydrogen (secondary N) is 3. The molecule has 18 heteroatoms. The summed E-state index contributed by atoms with van der Waals surface area (Å²) in [6.45, 7) is 15.8. The molecule has 2 aliphatic rings. The van der Waals surface area contributed by atoms with Crippen LogP contribution in [-0.2, 0) is 20.6 Å². The van der Waals surface area contributed by atoms with Gasteiger partial charge in [0.15, 0.2) is 0 Å². The number of ether oxygens (including phenoxy) is 1. The van der Waals surface area contributed by atoms with Gasteiger partial charge in [-0.15, -0.1) is 11.3 Å². The summed E-state index contributed by atoms with van der Waals surface area (Å²) in [6, 6.07) is 12.9. The molecule has 72 heavy (non-hydrogen) atoms. The van der Waals surface area contributed by atoms with Crippen LogP contribution in [0, 0.1) is 19.3 Å². The van der Waals surface area contributed by atoms with Gasteiger partial charge in [-0.25, -0.2) is 15.0 Å². The molecule has 0 bridgehead atoms. The summed E-state index contributed by atoms with van der Waals surface area (Å²) in [6.07, 6.45) is 0.270. The number of carbonyl (C=O) groups is 3. The Bertz CT molecular complexity index is 2700. The molecule has 3 aromatic carbocycles. The number of nitrogen functional groups attached to an aromatic ring is 1. The average molecular weight is 1010 g/mol. The van der Waals surface area contributed by atoms with Crippen LogP contribution >= 0.6 is 11.3 Å². The lowest BCUT2D eigenvalue weighted by Gasteiger charge is -2.35. The highest BCUT2D eigenvalue weighted by atomic mass is 32.1. The number of rotatable bonds is 18. The molecule has 4 heterocycles. The number of thiazole rings is 1. The minimum Gasteiger partial charge on any atom is -0.496 e. The van der Waals surface area contributed by atoms with E-state index in [4.69, 9.17) is 10.5 Å². The molecule has 14 nitrogen and oxygen atoms in total. The van der Waals surface area contributed by atoms with Crippen LogP contribution in [0.5, 0.6) is 5.75 Å². The van der Waals surface area contributed by atoms with Gasteiger partial charge in [-0.05, 0) is 131 Å². The zero-order chi connectivity index (χ0) is 52.1. The lowest BCUT2D eigenvalue weighted by molar-refractivity contribution is -0.144. The fraction of sp³-hybridized carbons (Fsp3) is 0.519. The second kappa shape index (κ2) is 22.9. The Morgan fingerprint density at radius 2 is 1.62 bits per heavy atom. The van der Waals surface area contributed by atoms with Crippen molar-refractivity contribution in [1.29, 1.82) is 0 Å². The van der Waals surface area contributed by atoms with E-state index in [0.29, 0.717) is 29.1 Å². The summed E-state index contributed by atoms with van der Waals surface area (Å²) in [7, 11) is 1.64. The van der Waals surface area contributed by atoms with Gasteiger partial charge in [0.1, 0.15) is 29.5 Å². The minimum atomic E-state index is -4.53. The SMILES string of the molecule is COc1cc2nc(C)nc(N[C@H](C)c3cc(N)cc(C(F)(F)F)c3)c2cc1C1CCN(CCCCCCC(=O)N[C@H](C(=O)N2C[C@H](O)C[C@H]2C(=O)N[C@@H](C)c2ccc(-c3scnc3C)cc2)C(C)(C)C)CC1. The van der Waals surface area contributed by atoms with Crippen molar-refractivity contribution in [1.82, 2.24) is 35.4 Å². The van der Waals surface area contributed by atoms with E-state index in [9.17, 15) is 32.7 Å². The molecule has 7 rings (SSSR count). The van der Waals surface area contributed by atoms with E-state index in [-0.39, 0.29) is 54.8 Å². The van der Waals surface area contributed by atoms with Crippen molar-refractivity contribution in [3.8, 4) is 16.2 Å². The number of amides is 3. The smallest absolute Gasteiger partial charge is 0.416 e. The molecule has 2 saturated heterocycles. The van der Waals surface area contributed by atoms with Gasteiger partial charge in [-0.1, -0.05) is 57.9 Å². The second-order valence-corrected chi connectivity index (χ2v) is 21.5. The number of methoxy groups -OCH3 is 1. The van der Waals surface area contributed by atoms with Gasteiger partial charge >= 0.3 is 6.18 Å². The van der Waals surface area contributed by atoms with Gasteiger partial charge in [-0.3, -0.25) is 14.4 Å². The number of nitrogens with two attached hydrogens (primary N) is 1. The number of likely N-dealkylation sites (tertiary alicyclic amines) is 2. The van der Waals surface area contributed by atoms with Crippen LogP contribution in [0.1, 0.15) is 138 Å². The lowest BCUT2D eigenvalue weighted by atomic mass is 9.85. The molecule has 2 fully saturated rings. The summed E-state index contributed by atoms with van der Waals surface area (Å²) in [4.78, 5) is 59.9. The van der Waals surface area contributed by atoms with Crippen molar-refractivity contribution in [2.24, 2.45) is 5.41 Å². The lowest BCUT2D eigenvalue weighted by Crippen LogP contribution is -2.57. The van der Waals surface area contributed by atoms with Crippen LogP contribution in [0.15, 0.2) is 60.1 Å². The number of benzene rings is 3. The first-order chi connectivity index (χ1) is 34.1. The predicted molar refractivity (Wildman–Crippen MR) is 277 cm³/mol. The fourth-order valence-electron chi connectivity index (χ4n) is 9.96. The number of aliphatic hydroxyl groups excluding tert-OH is 1. The number of aryl methyl sites for hydroxylation is 2. The predicted octanol–water partition coefficient (Wildman–Crippen LogP) is 9.65. The molecule has 3 amide bonds. The highest BCUT2D eigenvalue weighted by Crippen LogP contribution is 2.40. The summed E-state index contributed by atoms with van der Waals surface area (Å²) in [5.74, 6) is 1.03. The van der Waals surface area contributed by atoms with E-state index in [1.165, 1.54) is 11.0 Å². The van der Waals surface area contributed by atoms with E-state index in [1.807, 2.05) is 70.5 Å². The fourth-order valence-corrected chi connectivity index (χ4v) is 10.8. The maximum atomic E-state index is 14.2. The van der Waals surface area contributed by atoms with Crippen LogP contribution in [0.25, 0.3) is 21.3 Å². The van der Waals surface area contributed by atoms with Crippen molar-refractivity contribution >= 4 is 51.5 Å². The number of hydrogen-bond acceptors (Lipinski definition) is 12. The first-order valence-electron chi connectivity index (χ1n) is 25.0. The zero-order valence-electron chi connectivity index (χ0n) is 42.7. The van der Waals surface area contributed by atoms with E-state index in [1.54, 1.807) is 32.3 Å². The van der Waals surface area contributed by atoms with Gasteiger partial charge < -0.3 is 41.3 Å². The molecule has 5 atom stereocenters. The first-order valence-corrected chi connectivity index (χ1v) is 25.9. The van der Waals surface area contributed by atoms with Gasteiger partial charge in [0.2, 0.25) is 17.7 Å². The van der Waals surface area contributed by atoms with Crippen molar-refractivity contribution in [3.63, 3.8) is 0 Å². The third kappa shape index (κ3) is 13.2. The minimum absolute atomic E-state index is 0.00735. The summed E-state index contributed by atoms with van der Waals surface area (Å²) < 4.78 is 46.7. The molecular formula is C54H70F3N9O5S. The molecule has 2 aromatic heterocycles. The summed E-state index contributed by atoms with van der Waals surface area (Å²) in [5.41, 5.74) is 11.3. The van der Waals surface area contributed by atoms with Crippen LogP contribution < -0.4 is 26.4 Å². The van der Waals surface area contributed by atoms with Gasteiger partial charge in [0, 0.05) is 36.5 Å². The Hall–Kier alpha value is -5.85. The Labute approximate surface area is 424 Å². The van der Waals surface area contributed by atoms with Crippen molar-refractivity contribution < 1.29 is 37.4 Å². The molecule has 388 valence electrons. The van der Waals surface area contributed by atoms with E-state index >= 15 is 0 Å². The van der Waals surface area contributed by atoms with Crippen LogP contribution in [0.4, 0.5) is 24.7 Å². The third-order valence-corrected chi connectivity index (χ3v) is 15.0. The van der Waals surface area contributed by atoms with Gasteiger partial charge in [-0.2, -0.15) is 13.2 Å². The zero-order valence-corrected chi connectivity index (χ0v) is 43.5. The van der Waals surface area contributed by atoms with Crippen LogP contribution in [0.3, 0.4) is 0 Å². The number of β-amino-alcohol motifs (C(OH)–C–C–N with tert-alkyl or cyclic N) is 1. The molecule has 0 unspecified atom stereocenters. The molecule has 0 aliphatic carbocycles.